The quantitative estimate of drug-likeness (QED) is 0.271. The molecule has 3 aromatic carbocycles. The van der Waals surface area contributed by atoms with Crippen molar-refractivity contribution in [3.05, 3.63) is 125 Å². The molecule has 35 heavy (non-hydrogen) atoms. The minimum absolute atomic E-state index is 0.190. The highest BCUT2D eigenvalue weighted by atomic mass is 16.5. The van der Waals surface area contributed by atoms with Gasteiger partial charge in [0.1, 0.15) is 11.4 Å². The van der Waals surface area contributed by atoms with Gasteiger partial charge in [0.05, 0.1) is 18.2 Å². The smallest absolute Gasteiger partial charge is 0.337 e. The van der Waals surface area contributed by atoms with Crippen LogP contribution in [0.3, 0.4) is 0 Å². The molecule has 0 fully saturated rings. The summed E-state index contributed by atoms with van der Waals surface area (Å²) >= 11 is 0. The van der Waals surface area contributed by atoms with Crippen LogP contribution in [-0.2, 0) is 11.2 Å². The zero-order valence-electron chi connectivity index (χ0n) is 19.5. The third kappa shape index (κ3) is 5.55. The van der Waals surface area contributed by atoms with E-state index < -0.39 is 6.10 Å². The van der Waals surface area contributed by atoms with Crippen molar-refractivity contribution in [3.63, 3.8) is 0 Å². The Kier molecular flexibility index (Phi) is 7.21. The molecular formula is C29H25NO5. The summed E-state index contributed by atoms with van der Waals surface area (Å²) in [5.41, 5.74) is 3.74. The lowest BCUT2D eigenvalue weighted by Gasteiger charge is -2.21. The van der Waals surface area contributed by atoms with Crippen molar-refractivity contribution in [2.24, 2.45) is 0 Å². The Hall–Kier alpha value is -4.45. The zero-order valence-corrected chi connectivity index (χ0v) is 19.5. The summed E-state index contributed by atoms with van der Waals surface area (Å²) in [5.74, 6) is -0.211. The highest BCUT2D eigenvalue weighted by Gasteiger charge is 2.24. The van der Waals surface area contributed by atoms with Gasteiger partial charge in [0, 0.05) is 6.20 Å². The molecule has 0 aliphatic heterocycles. The molecule has 6 nitrogen and oxygen atoms in total. The van der Waals surface area contributed by atoms with E-state index in [0.717, 1.165) is 16.7 Å². The number of ether oxygens (including phenoxy) is 2. The van der Waals surface area contributed by atoms with Crippen molar-refractivity contribution >= 4 is 11.8 Å². The van der Waals surface area contributed by atoms with Gasteiger partial charge >= 0.3 is 5.97 Å². The fraction of sp³-hybridized carbons (Fsp3) is 0.138. The van der Waals surface area contributed by atoms with Crippen LogP contribution >= 0.6 is 0 Å². The maximum atomic E-state index is 12.0. The van der Waals surface area contributed by atoms with E-state index >= 15 is 0 Å². The Morgan fingerprint density at radius 3 is 2.34 bits per heavy atom. The van der Waals surface area contributed by atoms with Crippen molar-refractivity contribution in [1.29, 1.82) is 0 Å². The number of carbonyl (C=O) groups is 2. The number of methoxy groups -OCH3 is 1. The molecule has 4 aromatic rings. The Bertz CT molecular complexity index is 1330. The number of pyridine rings is 1. The highest BCUT2D eigenvalue weighted by molar-refractivity contribution is 5.96. The zero-order chi connectivity index (χ0) is 24.8. The van der Waals surface area contributed by atoms with E-state index in [0.29, 0.717) is 17.7 Å². The molecule has 0 saturated heterocycles. The SMILES string of the molecule is COC(=O)c1cccc(Cc2ccc(C(Oc3ccccc3)c3nccc(C(C)=O)c3O)cc2)c1. The minimum atomic E-state index is -0.728. The van der Waals surface area contributed by atoms with E-state index in [4.69, 9.17) is 9.47 Å². The molecule has 0 saturated carbocycles. The Morgan fingerprint density at radius 2 is 1.66 bits per heavy atom. The van der Waals surface area contributed by atoms with Crippen LogP contribution in [0.1, 0.15) is 56.1 Å². The molecular weight excluding hydrogens is 442 g/mol. The van der Waals surface area contributed by atoms with Crippen molar-refractivity contribution in [2.45, 2.75) is 19.4 Å². The fourth-order valence-electron chi connectivity index (χ4n) is 3.84. The van der Waals surface area contributed by atoms with Gasteiger partial charge in [-0.25, -0.2) is 4.79 Å². The van der Waals surface area contributed by atoms with Crippen molar-refractivity contribution in [3.8, 4) is 11.5 Å². The van der Waals surface area contributed by atoms with E-state index in [-0.39, 0.29) is 28.8 Å². The van der Waals surface area contributed by atoms with E-state index in [2.05, 4.69) is 4.98 Å². The standard InChI is InChI=1S/C29H25NO5/c1-19(31)25-15-16-30-26(27(25)32)28(35-24-9-4-3-5-10-24)22-13-11-20(12-14-22)17-21-7-6-8-23(18-21)29(33)34-2/h3-16,18,28,32H,17H2,1-2H3. The summed E-state index contributed by atoms with van der Waals surface area (Å²) in [4.78, 5) is 28.2. The van der Waals surface area contributed by atoms with Crippen molar-refractivity contribution < 1.29 is 24.2 Å². The lowest BCUT2D eigenvalue weighted by atomic mass is 9.98. The summed E-state index contributed by atoms with van der Waals surface area (Å²) in [6, 6.07) is 25.8. The Labute approximate surface area is 203 Å². The number of Topliss-reactive ketones (excluding diaryl/α,β-unsaturated/α-hetero) is 1. The molecule has 1 heterocycles. The number of aromatic nitrogens is 1. The number of hydrogen-bond donors (Lipinski definition) is 1. The molecule has 0 bridgehead atoms. The van der Waals surface area contributed by atoms with Gasteiger partial charge in [0.15, 0.2) is 17.6 Å². The van der Waals surface area contributed by atoms with Crippen LogP contribution in [0.5, 0.6) is 11.5 Å². The monoisotopic (exact) mass is 467 g/mol. The largest absolute Gasteiger partial charge is 0.505 e. The molecule has 1 atom stereocenters. The number of para-hydroxylation sites is 1. The summed E-state index contributed by atoms with van der Waals surface area (Å²) < 4.78 is 11.0. The van der Waals surface area contributed by atoms with Crippen LogP contribution in [0.15, 0.2) is 91.1 Å². The first-order valence-corrected chi connectivity index (χ1v) is 11.1. The number of rotatable bonds is 8. The maximum Gasteiger partial charge on any atom is 0.337 e. The molecule has 176 valence electrons. The molecule has 0 radical (unpaired) electrons. The third-order valence-corrected chi connectivity index (χ3v) is 5.62. The first-order chi connectivity index (χ1) is 17.0. The molecule has 0 aliphatic rings. The molecule has 4 rings (SSSR count). The predicted molar refractivity (Wildman–Crippen MR) is 132 cm³/mol. The summed E-state index contributed by atoms with van der Waals surface area (Å²) in [6.07, 6.45) is 1.39. The van der Waals surface area contributed by atoms with E-state index in [1.807, 2.05) is 72.8 Å². The molecule has 0 amide bonds. The molecule has 1 N–H and O–H groups in total. The van der Waals surface area contributed by atoms with Crippen LogP contribution in [-0.4, -0.2) is 29.0 Å². The van der Waals surface area contributed by atoms with Crippen LogP contribution < -0.4 is 4.74 Å². The van der Waals surface area contributed by atoms with Gasteiger partial charge in [-0.2, -0.15) is 0 Å². The number of esters is 1. The van der Waals surface area contributed by atoms with Gasteiger partial charge in [-0.3, -0.25) is 9.78 Å². The first-order valence-electron chi connectivity index (χ1n) is 11.1. The minimum Gasteiger partial charge on any atom is -0.505 e. The number of carbonyl (C=O) groups excluding carboxylic acids is 2. The highest BCUT2D eigenvalue weighted by Crippen LogP contribution is 2.34. The molecule has 1 aromatic heterocycles. The van der Waals surface area contributed by atoms with Crippen LogP contribution in [0.25, 0.3) is 0 Å². The van der Waals surface area contributed by atoms with Gasteiger partial charge in [0.2, 0.25) is 0 Å². The fourth-order valence-corrected chi connectivity index (χ4v) is 3.84. The summed E-state index contributed by atoms with van der Waals surface area (Å²) in [5, 5.41) is 10.8. The second-order valence-electron chi connectivity index (χ2n) is 8.07. The average molecular weight is 468 g/mol. The lowest BCUT2D eigenvalue weighted by Crippen LogP contribution is -2.13. The summed E-state index contributed by atoms with van der Waals surface area (Å²) in [7, 11) is 1.36. The van der Waals surface area contributed by atoms with E-state index in [9.17, 15) is 14.7 Å². The second kappa shape index (κ2) is 10.7. The average Bonchev–Trinajstić information content (AvgIpc) is 2.88. The van der Waals surface area contributed by atoms with Crippen molar-refractivity contribution in [2.75, 3.05) is 7.11 Å². The van der Waals surface area contributed by atoms with Crippen LogP contribution in [0.4, 0.5) is 0 Å². The van der Waals surface area contributed by atoms with E-state index in [1.165, 1.54) is 26.3 Å². The van der Waals surface area contributed by atoms with Gasteiger partial charge in [-0.1, -0.05) is 54.6 Å². The van der Waals surface area contributed by atoms with Gasteiger partial charge in [-0.15, -0.1) is 0 Å². The Morgan fingerprint density at radius 1 is 0.914 bits per heavy atom. The summed E-state index contributed by atoms with van der Waals surface area (Å²) in [6.45, 7) is 1.40. The maximum absolute atomic E-state index is 12.0. The number of aromatic hydroxyl groups is 1. The van der Waals surface area contributed by atoms with Gasteiger partial charge in [0.25, 0.3) is 0 Å². The predicted octanol–water partition coefficient (Wildman–Crippen LogP) is 5.54. The Balaban J connectivity index is 1.65. The number of ketones is 1. The lowest BCUT2D eigenvalue weighted by molar-refractivity contribution is 0.0600. The number of hydrogen-bond acceptors (Lipinski definition) is 6. The molecule has 1 unspecified atom stereocenters. The van der Waals surface area contributed by atoms with Crippen LogP contribution in [0.2, 0.25) is 0 Å². The van der Waals surface area contributed by atoms with Gasteiger partial charge in [-0.05, 0) is 60.4 Å². The molecule has 0 spiro atoms. The number of nitrogens with zero attached hydrogens (tertiary/aromatic N) is 1. The normalized spacial score (nSPS) is 11.5. The van der Waals surface area contributed by atoms with Crippen molar-refractivity contribution in [1.82, 2.24) is 4.98 Å². The first kappa shape index (κ1) is 23.7. The third-order valence-electron chi connectivity index (χ3n) is 5.62. The topological polar surface area (TPSA) is 85.7 Å². The van der Waals surface area contributed by atoms with Crippen LogP contribution in [0, 0.1) is 0 Å². The van der Waals surface area contributed by atoms with Gasteiger partial charge < -0.3 is 14.6 Å². The molecule has 6 heteroatoms. The number of benzene rings is 3. The second-order valence-corrected chi connectivity index (χ2v) is 8.07. The molecule has 0 aliphatic carbocycles. The van der Waals surface area contributed by atoms with E-state index in [1.54, 1.807) is 6.07 Å².